The van der Waals surface area contributed by atoms with Gasteiger partial charge in [-0.3, -0.25) is 14.4 Å². The summed E-state index contributed by atoms with van der Waals surface area (Å²) in [6.45, 7) is 5.51. The van der Waals surface area contributed by atoms with Crippen molar-refractivity contribution in [2.75, 3.05) is 26.8 Å². The number of likely N-dealkylation sites (tertiary alicyclic amines) is 1. The second kappa shape index (κ2) is 8.51. The van der Waals surface area contributed by atoms with E-state index in [9.17, 15) is 4.79 Å². The molecule has 26 heavy (non-hydrogen) atoms. The number of amides is 1. The lowest BCUT2D eigenvalue weighted by Gasteiger charge is -2.17. The zero-order chi connectivity index (χ0) is 18.5. The second-order valence-electron chi connectivity index (χ2n) is 6.76. The first kappa shape index (κ1) is 18.7. The number of nitrogens with zero attached hydrogens (tertiary/aromatic N) is 3. The second-order valence-corrected chi connectivity index (χ2v) is 6.76. The third-order valence-corrected chi connectivity index (χ3v) is 4.89. The van der Waals surface area contributed by atoms with Crippen LogP contribution in [0.2, 0.25) is 0 Å². The Morgan fingerprint density at radius 2 is 2.19 bits per heavy atom. The number of furan rings is 1. The number of aryl methyl sites for hydroxylation is 2. The monoisotopic (exact) mass is 360 g/mol. The Bertz CT molecular complexity index is 731. The molecule has 3 heterocycles. The average Bonchev–Trinajstić information content (AvgIpc) is 3.36. The zero-order valence-corrected chi connectivity index (χ0v) is 15.8. The van der Waals surface area contributed by atoms with Crippen LogP contribution in [0.5, 0.6) is 0 Å². The van der Waals surface area contributed by atoms with E-state index in [2.05, 4.69) is 22.2 Å². The predicted molar refractivity (Wildman–Crippen MR) is 97.9 cm³/mol. The lowest BCUT2D eigenvalue weighted by molar-refractivity contribution is 0.0863. The van der Waals surface area contributed by atoms with Crippen LogP contribution in [0.4, 0.5) is 0 Å². The van der Waals surface area contributed by atoms with Crippen LogP contribution in [0.3, 0.4) is 0 Å². The highest BCUT2D eigenvalue weighted by molar-refractivity contribution is 5.92. The predicted octanol–water partition coefficient (Wildman–Crippen LogP) is 2.29. The summed E-state index contributed by atoms with van der Waals surface area (Å²) < 4.78 is 12.9. The molecule has 0 radical (unpaired) electrons. The van der Waals surface area contributed by atoms with Crippen molar-refractivity contribution in [2.24, 2.45) is 7.05 Å². The van der Waals surface area contributed by atoms with E-state index >= 15 is 0 Å². The number of hydrogen-bond acceptors (Lipinski definition) is 5. The Balaban J connectivity index is 1.73. The molecule has 1 amide bonds. The topological polar surface area (TPSA) is 72.5 Å². The SMILES string of the molecule is CCc1oc(C(=O)N[C@H](COC)c2ccnn2C)cc1CN1CCCC1. The van der Waals surface area contributed by atoms with Crippen LogP contribution in [-0.4, -0.2) is 47.4 Å². The summed E-state index contributed by atoms with van der Waals surface area (Å²) in [6, 6.07) is 3.49. The molecular formula is C19H28N4O3. The summed E-state index contributed by atoms with van der Waals surface area (Å²) in [5.74, 6) is 1.03. The molecule has 2 aromatic rings. The molecule has 1 fully saturated rings. The summed E-state index contributed by atoms with van der Waals surface area (Å²) in [5.41, 5.74) is 2.00. The van der Waals surface area contributed by atoms with E-state index in [4.69, 9.17) is 9.15 Å². The summed E-state index contributed by atoms with van der Waals surface area (Å²) in [6.07, 6.45) is 4.98. The summed E-state index contributed by atoms with van der Waals surface area (Å²) in [7, 11) is 3.46. The summed E-state index contributed by atoms with van der Waals surface area (Å²) >= 11 is 0. The molecule has 0 bridgehead atoms. The number of nitrogens with one attached hydrogen (secondary N) is 1. The third kappa shape index (κ3) is 4.16. The quantitative estimate of drug-likeness (QED) is 0.782. The van der Waals surface area contributed by atoms with Crippen molar-refractivity contribution in [3.8, 4) is 0 Å². The van der Waals surface area contributed by atoms with E-state index in [1.165, 1.54) is 12.8 Å². The first-order valence-corrected chi connectivity index (χ1v) is 9.24. The van der Waals surface area contributed by atoms with Gasteiger partial charge in [0.1, 0.15) is 5.76 Å². The van der Waals surface area contributed by atoms with Gasteiger partial charge in [-0.25, -0.2) is 0 Å². The van der Waals surface area contributed by atoms with Crippen LogP contribution >= 0.6 is 0 Å². The lowest BCUT2D eigenvalue weighted by atomic mass is 10.2. The maximum Gasteiger partial charge on any atom is 0.287 e. The smallest absolute Gasteiger partial charge is 0.287 e. The summed E-state index contributed by atoms with van der Waals surface area (Å²) in [5, 5.41) is 7.17. The van der Waals surface area contributed by atoms with Crippen molar-refractivity contribution in [1.82, 2.24) is 20.0 Å². The van der Waals surface area contributed by atoms with Gasteiger partial charge in [0.15, 0.2) is 5.76 Å². The molecule has 0 spiro atoms. The van der Waals surface area contributed by atoms with Gasteiger partial charge in [-0.15, -0.1) is 0 Å². The maximum absolute atomic E-state index is 12.8. The molecule has 0 aliphatic carbocycles. The average molecular weight is 360 g/mol. The fraction of sp³-hybridized carbons (Fsp3) is 0.579. The van der Waals surface area contributed by atoms with Gasteiger partial charge in [-0.1, -0.05) is 6.92 Å². The third-order valence-electron chi connectivity index (χ3n) is 4.89. The van der Waals surface area contributed by atoms with Crippen LogP contribution in [0.25, 0.3) is 0 Å². The fourth-order valence-electron chi connectivity index (χ4n) is 3.52. The summed E-state index contributed by atoms with van der Waals surface area (Å²) in [4.78, 5) is 15.2. The van der Waals surface area contributed by atoms with Gasteiger partial charge < -0.3 is 14.5 Å². The number of aromatic nitrogens is 2. The normalized spacial score (nSPS) is 16.1. The first-order chi connectivity index (χ1) is 12.6. The van der Waals surface area contributed by atoms with E-state index in [0.29, 0.717) is 12.4 Å². The van der Waals surface area contributed by atoms with Crippen LogP contribution in [0.15, 0.2) is 22.7 Å². The van der Waals surface area contributed by atoms with Gasteiger partial charge in [0.2, 0.25) is 0 Å². The van der Waals surface area contributed by atoms with Crippen molar-refractivity contribution in [1.29, 1.82) is 0 Å². The van der Waals surface area contributed by atoms with Crippen LogP contribution in [-0.2, 0) is 24.8 Å². The Morgan fingerprint density at radius 1 is 1.42 bits per heavy atom. The number of ether oxygens (including phenoxy) is 1. The van der Waals surface area contributed by atoms with Crippen molar-refractivity contribution in [2.45, 2.75) is 38.8 Å². The highest BCUT2D eigenvalue weighted by atomic mass is 16.5. The molecule has 1 aliphatic rings. The minimum Gasteiger partial charge on any atom is -0.456 e. The van der Waals surface area contributed by atoms with E-state index in [-0.39, 0.29) is 11.9 Å². The molecule has 2 aromatic heterocycles. The lowest BCUT2D eigenvalue weighted by Crippen LogP contribution is -2.32. The molecule has 1 N–H and O–H groups in total. The Labute approximate surface area is 154 Å². The maximum atomic E-state index is 12.8. The fourth-order valence-corrected chi connectivity index (χ4v) is 3.52. The molecule has 7 nitrogen and oxygen atoms in total. The van der Waals surface area contributed by atoms with Gasteiger partial charge in [0.05, 0.1) is 18.3 Å². The van der Waals surface area contributed by atoms with E-state index < -0.39 is 0 Å². The molecule has 3 rings (SSSR count). The minimum absolute atomic E-state index is 0.226. The highest BCUT2D eigenvalue weighted by Gasteiger charge is 2.23. The van der Waals surface area contributed by atoms with E-state index in [1.807, 2.05) is 19.2 Å². The molecule has 0 unspecified atom stereocenters. The van der Waals surface area contributed by atoms with Gasteiger partial charge in [-0.05, 0) is 38.1 Å². The standard InChI is InChI=1S/C19H28N4O3/c1-4-17-14(12-23-9-5-6-10-23)11-18(26-17)19(24)21-15(13-25-3)16-7-8-20-22(16)2/h7-8,11,15H,4-6,9-10,12-13H2,1-3H3,(H,21,24)/t15-/m1/s1. The van der Waals surface area contributed by atoms with Gasteiger partial charge >= 0.3 is 0 Å². The zero-order valence-electron chi connectivity index (χ0n) is 15.8. The number of carbonyl (C=O) groups excluding carboxylic acids is 1. The molecule has 7 heteroatoms. The van der Waals surface area contributed by atoms with Gasteiger partial charge in [0, 0.05) is 38.9 Å². The van der Waals surface area contributed by atoms with E-state index in [0.717, 1.165) is 43.1 Å². The molecule has 142 valence electrons. The van der Waals surface area contributed by atoms with Gasteiger partial charge in [0.25, 0.3) is 5.91 Å². The van der Waals surface area contributed by atoms with Gasteiger partial charge in [-0.2, -0.15) is 5.10 Å². The van der Waals surface area contributed by atoms with Crippen molar-refractivity contribution >= 4 is 5.91 Å². The first-order valence-electron chi connectivity index (χ1n) is 9.24. The van der Waals surface area contributed by atoms with Crippen LogP contribution in [0, 0.1) is 0 Å². The number of rotatable bonds is 8. The molecular weight excluding hydrogens is 332 g/mol. The molecule has 1 aliphatic heterocycles. The Morgan fingerprint density at radius 3 is 2.81 bits per heavy atom. The number of methoxy groups -OCH3 is 1. The van der Waals surface area contributed by atoms with Crippen LogP contribution in [0.1, 0.15) is 53.4 Å². The Hall–Kier alpha value is -2.12. The Kier molecular flexibility index (Phi) is 6.11. The number of carbonyl (C=O) groups is 1. The van der Waals surface area contributed by atoms with E-state index in [1.54, 1.807) is 18.0 Å². The minimum atomic E-state index is -0.280. The van der Waals surface area contributed by atoms with Crippen LogP contribution < -0.4 is 5.32 Å². The van der Waals surface area contributed by atoms with Crippen molar-refractivity contribution in [3.05, 3.63) is 41.1 Å². The molecule has 1 atom stereocenters. The molecule has 0 saturated carbocycles. The molecule has 1 saturated heterocycles. The highest BCUT2D eigenvalue weighted by Crippen LogP contribution is 2.22. The van der Waals surface area contributed by atoms with Crippen molar-refractivity contribution < 1.29 is 13.9 Å². The molecule has 0 aromatic carbocycles. The largest absolute Gasteiger partial charge is 0.456 e. The van der Waals surface area contributed by atoms with Crippen molar-refractivity contribution in [3.63, 3.8) is 0 Å². The number of hydrogen-bond donors (Lipinski definition) is 1.